The van der Waals surface area contributed by atoms with Gasteiger partial charge in [-0.25, -0.2) is 15.0 Å². The van der Waals surface area contributed by atoms with Crippen LogP contribution in [-0.2, 0) is 4.79 Å². The molecule has 2 aliphatic rings. The van der Waals surface area contributed by atoms with Gasteiger partial charge in [-0.3, -0.25) is 4.79 Å². The number of hydrogen-bond acceptors (Lipinski definition) is 7. The van der Waals surface area contributed by atoms with Gasteiger partial charge in [0.25, 0.3) is 0 Å². The van der Waals surface area contributed by atoms with Crippen molar-refractivity contribution in [1.29, 1.82) is 0 Å². The first-order valence-corrected chi connectivity index (χ1v) is 9.48. The summed E-state index contributed by atoms with van der Waals surface area (Å²) in [6.07, 6.45) is 5.33. The smallest absolute Gasteiger partial charge is 0.227 e. The number of amides is 1. The third-order valence-electron chi connectivity index (χ3n) is 5.72. The van der Waals surface area contributed by atoms with E-state index in [0.29, 0.717) is 35.5 Å². The van der Waals surface area contributed by atoms with Crippen molar-refractivity contribution in [2.45, 2.75) is 19.9 Å². The molecule has 2 fully saturated rings. The van der Waals surface area contributed by atoms with Crippen molar-refractivity contribution in [3.63, 3.8) is 0 Å². The Bertz CT molecular complexity index is 1050. The van der Waals surface area contributed by atoms with Gasteiger partial charge in [0.1, 0.15) is 17.2 Å². The number of nitrogens with two attached hydrogens (primary N) is 1. The summed E-state index contributed by atoms with van der Waals surface area (Å²) in [5.41, 5.74) is 7.32. The molecule has 0 aromatic carbocycles. The molecule has 3 aromatic heterocycles. The molecule has 0 bridgehead atoms. The maximum atomic E-state index is 11.4. The third-order valence-corrected chi connectivity index (χ3v) is 5.72. The Kier molecular flexibility index (Phi) is 3.71. The molecule has 5 rings (SSSR count). The highest BCUT2D eigenvalue weighted by molar-refractivity contribution is 5.81. The molecule has 1 unspecified atom stereocenters. The van der Waals surface area contributed by atoms with Crippen LogP contribution in [0.15, 0.2) is 30.9 Å². The molecule has 1 saturated carbocycles. The summed E-state index contributed by atoms with van der Waals surface area (Å²) in [7, 11) is 0. The van der Waals surface area contributed by atoms with Gasteiger partial charge in [-0.05, 0) is 31.7 Å². The van der Waals surface area contributed by atoms with Gasteiger partial charge in [0.2, 0.25) is 11.9 Å². The first-order valence-electron chi connectivity index (χ1n) is 9.48. The van der Waals surface area contributed by atoms with Gasteiger partial charge in [-0.1, -0.05) is 0 Å². The molecule has 1 saturated heterocycles. The summed E-state index contributed by atoms with van der Waals surface area (Å²) in [4.78, 5) is 31.3. The van der Waals surface area contributed by atoms with Crippen LogP contribution in [0.2, 0.25) is 0 Å². The van der Waals surface area contributed by atoms with Gasteiger partial charge >= 0.3 is 0 Å². The lowest BCUT2D eigenvalue weighted by Crippen LogP contribution is -2.29. The zero-order chi connectivity index (χ0) is 19.4. The van der Waals surface area contributed by atoms with Gasteiger partial charge in [-0.15, -0.1) is 0 Å². The molecular weight excluding hydrogens is 356 g/mol. The van der Waals surface area contributed by atoms with E-state index in [1.54, 1.807) is 12.4 Å². The lowest BCUT2D eigenvalue weighted by atomic mass is 10.2. The summed E-state index contributed by atoms with van der Waals surface area (Å²) in [5, 5.41) is 3.26. The number of pyridine rings is 1. The van der Waals surface area contributed by atoms with Crippen molar-refractivity contribution in [3.05, 3.63) is 30.9 Å². The van der Waals surface area contributed by atoms with Gasteiger partial charge < -0.3 is 20.5 Å². The van der Waals surface area contributed by atoms with E-state index in [-0.39, 0.29) is 11.8 Å². The molecule has 9 nitrogen and oxygen atoms in total. The molecule has 0 radical (unpaired) electrons. The predicted molar refractivity (Wildman–Crippen MR) is 105 cm³/mol. The van der Waals surface area contributed by atoms with Crippen molar-refractivity contribution in [2.75, 3.05) is 23.3 Å². The summed E-state index contributed by atoms with van der Waals surface area (Å²) >= 11 is 0. The second-order valence-corrected chi connectivity index (χ2v) is 7.83. The first-order chi connectivity index (χ1) is 13.5. The average Bonchev–Trinajstić information content (AvgIpc) is 3.02. The number of fused-ring (bicyclic) bond motifs is 2. The second-order valence-electron chi connectivity index (χ2n) is 7.83. The molecule has 28 heavy (non-hydrogen) atoms. The van der Waals surface area contributed by atoms with Crippen LogP contribution in [0.1, 0.15) is 19.9 Å². The van der Waals surface area contributed by atoms with Crippen molar-refractivity contribution in [2.24, 2.45) is 23.5 Å². The standard InChI is InChI=1S/C19H22N8O/c1-10(2)27-9-23-13-6-22-16(5-14(13)27)24-15-3-4-21-19(25-15)26-7-11-12(8-26)17(11)18(20)28/h3-6,9-12,17H,7-8H2,1-2H3,(H2,20,28)(H,21,22,24,25)/t11-,12+,17?. The Morgan fingerprint density at radius 2 is 2.00 bits per heavy atom. The fraction of sp³-hybridized carbons (Fsp3) is 0.421. The monoisotopic (exact) mass is 378 g/mol. The molecule has 3 aromatic rings. The molecule has 3 atom stereocenters. The SMILES string of the molecule is CC(C)n1cnc2cnc(Nc3ccnc(N4C[C@@H]5C(C(N)=O)[C@@H]5C4)n3)cc21. The van der Waals surface area contributed by atoms with Gasteiger partial charge in [0.05, 0.1) is 18.0 Å². The van der Waals surface area contributed by atoms with E-state index in [9.17, 15) is 4.79 Å². The molecule has 1 amide bonds. The Labute approximate surface area is 162 Å². The molecule has 9 heteroatoms. The van der Waals surface area contributed by atoms with Crippen LogP contribution in [0, 0.1) is 17.8 Å². The number of nitrogens with zero attached hydrogens (tertiary/aromatic N) is 6. The minimum atomic E-state index is -0.187. The number of aromatic nitrogens is 5. The van der Waals surface area contributed by atoms with E-state index in [2.05, 4.69) is 48.6 Å². The van der Waals surface area contributed by atoms with Gasteiger partial charge in [0, 0.05) is 37.3 Å². The van der Waals surface area contributed by atoms with Crippen LogP contribution >= 0.6 is 0 Å². The topological polar surface area (TPSA) is 115 Å². The molecule has 1 aliphatic heterocycles. The normalized spacial score (nSPS) is 23.2. The van der Waals surface area contributed by atoms with E-state index in [1.807, 2.05) is 18.5 Å². The summed E-state index contributed by atoms with van der Waals surface area (Å²) in [6.45, 7) is 5.79. The number of carbonyl (C=O) groups excluding carboxylic acids is 1. The maximum Gasteiger partial charge on any atom is 0.227 e. The largest absolute Gasteiger partial charge is 0.369 e. The number of nitrogens with one attached hydrogen (secondary N) is 1. The molecule has 4 heterocycles. The van der Waals surface area contributed by atoms with Crippen LogP contribution < -0.4 is 16.0 Å². The Morgan fingerprint density at radius 1 is 1.21 bits per heavy atom. The Balaban J connectivity index is 1.34. The zero-order valence-electron chi connectivity index (χ0n) is 15.8. The van der Waals surface area contributed by atoms with E-state index >= 15 is 0 Å². The number of imidazole rings is 1. The summed E-state index contributed by atoms with van der Waals surface area (Å²) < 4.78 is 2.11. The van der Waals surface area contributed by atoms with Crippen LogP contribution in [0.5, 0.6) is 0 Å². The Morgan fingerprint density at radius 3 is 2.71 bits per heavy atom. The van der Waals surface area contributed by atoms with E-state index in [0.717, 1.165) is 24.1 Å². The highest BCUT2D eigenvalue weighted by Gasteiger charge is 2.59. The highest BCUT2D eigenvalue weighted by Crippen LogP contribution is 2.51. The molecule has 1 aliphatic carbocycles. The third kappa shape index (κ3) is 2.74. The minimum Gasteiger partial charge on any atom is -0.369 e. The summed E-state index contributed by atoms with van der Waals surface area (Å²) in [6, 6.07) is 4.11. The van der Waals surface area contributed by atoms with E-state index in [4.69, 9.17) is 5.73 Å². The molecule has 0 spiro atoms. The van der Waals surface area contributed by atoms with Crippen molar-refractivity contribution >= 4 is 34.5 Å². The number of hydrogen-bond donors (Lipinski definition) is 2. The fourth-order valence-corrected chi connectivity index (χ4v) is 4.22. The van der Waals surface area contributed by atoms with E-state index < -0.39 is 0 Å². The van der Waals surface area contributed by atoms with Crippen LogP contribution in [-0.4, -0.2) is 43.5 Å². The lowest BCUT2D eigenvalue weighted by Gasteiger charge is -2.19. The number of carbonyl (C=O) groups is 1. The number of rotatable bonds is 5. The van der Waals surface area contributed by atoms with Crippen molar-refractivity contribution in [3.8, 4) is 0 Å². The van der Waals surface area contributed by atoms with Gasteiger partial charge in [0.15, 0.2) is 0 Å². The number of piperidine rings is 1. The molecule has 144 valence electrons. The van der Waals surface area contributed by atoms with Crippen LogP contribution in [0.3, 0.4) is 0 Å². The highest BCUT2D eigenvalue weighted by atomic mass is 16.1. The Hall–Kier alpha value is -3.23. The van der Waals surface area contributed by atoms with Crippen LogP contribution in [0.25, 0.3) is 11.0 Å². The van der Waals surface area contributed by atoms with E-state index in [1.165, 1.54) is 0 Å². The predicted octanol–water partition coefficient (Wildman–Crippen LogP) is 1.71. The van der Waals surface area contributed by atoms with Crippen LogP contribution in [0.4, 0.5) is 17.6 Å². The molecule has 3 N–H and O–H groups in total. The quantitative estimate of drug-likeness (QED) is 0.694. The summed E-state index contributed by atoms with van der Waals surface area (Å²) in [5.74, 6) is 2.58. The first kappa shape index (κ1) is 16.9. The van der Waals surface area contributed by atoms with Crippen molar-refractivity contribution in [1.82, 2.24) is 24.5 Å². The number of anilines is 3. The minimum absolute atomic E-state index is 0.0271. The zero-order valence-corrected chi connectivity index (χ0v) is 15.8. The second kappa shape index (κ2) is 6.15. The molecular formula is C19H22N8O. The van der Waals surface area contributed by atoms with Crippen molar-refractivity contribution < 1.29 is 4.79 Å². The average molecular weight is 378 g/mol. The fourth-order valence-electron chi connectivity index (χ4n) is 4.22. The number of primary amides is 1. The lowest BCUT2D eigenvalue weighted by molar-refractivity contribution is -0.119. The maximum absolute atomic E-state index is 11.4. The van der Waals surface area contributed by atoms with Gasteiger partial charge in [-0.2, -0.15) is 4.98 Å².